The third kappa shape index (κ3) is 2.70. The molecule has 2 aromatic rings. The van der Waals surface area contributed by atoms with Crippen LogP contribution in [0.15, 0.2) is 41.0 Å². The number of hydrogen-bond acceptors (Lipinski definition) is 4. The Labute approximate surface area is 98.6 Å². The van der Waals surface area contributed by atoms with Crippen LogP contribution < -0.4 is 11.1 Å². The zero-order valence-electron chi connectivity index (χ0n) is 9.38. The quantitative estimate of drug-likeness (QED) is 0.841. The highest BCUT2D eigenvalue weighted by Crippen LogP contribution is 2.13. The van der Waals surface area contributed by atoms with Crippen molar-refractivity contribution < 1.29 is 9.21 Å². The second kappa shape index (κ2) is 4.80. The highest BCUT2D eigenvalue weighted by molar-refractivity contribution is 5.93. The summed E-state index contributed by atoms with van der Waals surface area (Å²) in [5, 5.41) is 2.52. The summed E-state index contributed by atoms with van der Waals surface area (Å²) >= 11 is 0. The van der Waals surface area contributed by atoms with Gasteiger partial charge in [0.1, 0.15) is 12.3 Å². The van der Waals surface area contributed by atoms with Crippen molar-refractivity contribution in [2.75, 3.05) is 5.32 Å². The molecule has 0 radical (unpaired) electrons. The Balaban J connectivity index is 2.06. The Bertz CT molecular complexity index is 507. The van der Waals surface area contributed by atoms with Crippen molar-refractivity contribution in [1.29, 1.82) is 0 Å². The van der Waals surface area contributed by atoms with E-state index in [1.165, 1.54) is 6.26 Å². The molecule has 0 bridgehead atoms. The van der Waals surface area contributed by atoms with Crippen LogP contribution in [0.5, 0.6) is 0 Å². The number of hydrogen-bond donors (Lipinski definition) is 2. The van der Waals surface area contributed by atoms with Gasteiger partial charge in [0.05, 0.1) is 5.69 Å². The average molecular weight is 231 g/mol. The van der Waals surface area contributed by atoms with Crippen LogP contribution in [-0.4, -0.2) is 10.9 Å². The fourth-order valence-corrected chi connectivity index (χ4v) is 1.41. The first-order valence-corrected chi connectivity index (χ1v) is 5.20. The van der Waals surface area contributed by atoms with Crippen molar-refractivity contribution in [2.45, 2.75) is 13.0 Å². The molecule has 5 nitrogen and oxygen atoms in total. The second-order valence-electron chi connectivity index (χ2n) is 3.67. The van der Waals surface area contributed by atoms with E-state index >= 15 is 0 Å². The first-order chi connectivity index (χ1) is 8.16. The number of carbonyl (C=O) groups is 1. The van der Waals surface area contributed by atoms with Crippen molar-refractivity contribution >= 4 is 11.9 Å². The molecule has 1 heterocycles. The molecular weight excluding hydrogens is 218 g/mol. The normalized spacial score (nSPS) is 12.1. The van der Waals surface area contributed by atoms with Gasteiger partial charge in [0, 0.05) is 0 Å². The van der Waals surface area contributed by atoms with Gasteiger partial charge in [-0.3, -0.25) is 10.1 Å². The minimum atomic E-state index is -0.733. The number of nitrogens with zero attached hydrogens (tertiary/aromatic N) is 1. The molecule has 0 aliphatic carbocycles. The molecule has 0 unspecified atom stereocenters. The van der Waals surface area contributed by atoms with E-state index in [0.717, 1.165) is 5.56 Å². The van der Waals surface area contributed by atoms with Gasteiger partial charge >= 0.3 is 6.01 Å². The lowest BCUT2D eigenvalue weighted by Crippen LogP contribution is -2.27. The Kier molecular flexibility index (Phi) is 3.20. The molecule has 2 rings (SSSR count). The van der Waals surface area contributed by atoms with Crippen LogP contribution in [0.1, 0.15) is 17.3 Å². The molecule has 0 fully saturated rings. The Morgan fingerprint density at radius 1 is 1.41 bits per heavy atom. The molecule has 0 aliphatic heterocycles. The van der Waals surface area contributed by atoms with Crippen molar-refractivity contribution in [1.82, 2.24) is 4.98 Å². The zero-order valence-corrected chi connectivity index (χ0v) is 9.38. The van der Waals surface area contributed by atoms with Crippen LogP contribution in [0.3, 0.4) is 0 Å². The number of carbonyl (C=O) groups excluding carboxylic acids is 1. The summed E-state index contributed by atoms with van der Waals surface area (Å²) in [6, 6.07) is 8.55. The number of nitrogens with two attached hydrogens (primary N) is 1. The maximum Gasteiger partial charge on any atom is 0.301 e. The van der Waals surface area contributed by atoms with Gasteiger partial charge < -0.3 is 10.2 Å². The Morgan fingerprint density at radius 2 is 2.12 bits per heavy atom. The fraction of sp³-hybridized carbons (Fsp3) is 0.167. The van der Waals surface area contributed by atoms with E-state index in [2.05, 4.69) is 10.3 Å². The first-order valence-electron chi connectivity index (χ1n) is 5.20. The van der Waals surface area contributed by atoms with Gasteiger partial charge in [-0.05, 0) is 12.5 Å². The van der Waals surface area contributed by atoms with Gasteiger partial charge in [0.15, 0.2) is 0 Å². The third-order valence-corrected chi connectivity index (χ3v) is 2.29. The monoisotopic (exact) mass is 231 g/mol. The molecule has 0 saturated carbocycles. The molecule has 1 atom stereocenters. The predicted molar refractivity (Wildman–Crippen MR) is 63.2 cm³/mol. The third-order valence-electron chi connectivity index (χ3n) is 2.29. The Hall–Kier alpha value is -2.14. The number of nitrogens with one attached hydrogen (secondary N) is 1. The summed E-state index contributed by atoms with van der Waals surface area (Å²) in [6.45, 7) is 1.77. The predicted octanol–water partition coefficient (Wildman–Crippen LogP) is 1.62. The number of aryl methyl sites for hydroxylation is 1. The molecule has 3 N–H and O–H groups in total. The van der Waals surface area contributed by atoms with Gasteiger partial charge in [-0.25, -0.2) is 0 Å². The molecule has 17 heavy (non-hydrogen) atoms. The molecule has 1 aromatic heterocycles. The maximum atomic E-state index is 11.8. The summed E-state index contributed by atoms with van der Waals surface area (Å²) in [4.78, 5) is 15.8. The summed E-state index contributed by atoms with van der Waals surface area (Å²) in [5.74, 6) is -0.349. The first kappa shape index (κ1) is 11.3. The van der Waals surface area contributed by atoms with Gasteiger partial charge in [-0.2, -0.15) is 4.98 Å². The fourth-order valence-electron chi connectivity index (χ4n) is 1.41. The van der Waals surface area contributed by atoms with E-state index in [4.69, 9.17) is 10.2 Å². The summed E-state index contributed by atoms with van der Waals surface area (Å²) in [5.41, 5.74) is 7.26. The average Bonchev–Trinajstić information content (AvgIpc) is 2.75. The highest BCUT2D eigenvalue weighted by atomic mass is 16.4. The van der Waals surface area contributed by atoms with Gasteiger partial charge in [0.2, 0.25) is 5.91 Å². The summed E-state index contributed by atoms with van der Waals surface area (Å²) < 4.78 is 5.02. The van der Waals surface area contributed by atoms with Gasteiger partial charge in [-0.15, -0.1) is 0 Å². The van der Waals surface area contributed by atoms with Crippen molar-refractivity contribution in [2.24, 2.45) is 5.73 Å². The smallest absolute Gasteiger partial charge is 0.301 e. The van der Waals surface area contributed by atoms with Crippen LogP contribution in [-0.2, 0) is 4.79 Å². The molecule has 0 saturated heterocycles. The number of amides is 1. The van der Waals surface area contributed by atoms with E-state index in [9.17, 15) is 4.79 Å². The minimum Gasteiger partial charge on any atom is -0.432 e. The molecule has 0 spiro atoms. The lowest BCUT2D eigenvalue weighted by Gasteiger charge is -2.10. The zero-order chi connectivity index (χ0) is 12.3. The largest absolute Gasteiger partial charge is 0.432 e. The van der Waals surface area contributed by atoms with Gasteiger partial charge in [-0.1, -0.05) is 30.3 Å². The number of anilines is 1. The maximum absolute atomic E-state index is 11.8. The molecular formula is C12H13N3O2. The SMILES string of the molecule is Cc1coc(NC(=O)[C@@H](N)c2ccccc2)n1. The number of benzene rings is 1. The summed E-state index contributed by atoms with van der Waals surface area (Å²) in [7, 11) is 0. The second-order valence-corrected chi connectivity index (χ2v) is 3.67. The van der Waals surface area contributed by atoms with E-state index in [0.29, 0.717) is 5.69 Å². The Morgan fingerprint density at radius 3 is 2.71 bits per heavy atom. The van der Waals surface area contributed by atoms with E-state index in [1.54, 1.807) is 19.1 Å². The van der Waals surface area contributed by atoms with Crippen molar-refractivity contribution in [3.8, 4) is 0 Å². The van der Waals surface area contributed by atoms with E-state index in [1.807, 2.05) is 18.2 Å². The van der Waals surface area contributed by atoms with Crippen LogP contribution in [0.2, 0.25) is 0 Å². The molecule has 5 heteroatoms. The molecule has 1 aromatic carbocycles. The van der Waals surface area contributed by atoms with Crippen LogP contribution in [0.4, 0.5) is 6.01 Å². The van der Waals surface area contributed by atoms with E-state index < -0.39 is 6.04 Å². The number of oxazole rings is 1. The minimum absolute atomic E-state index is 0.166. The van der Waals surface area contributed by atoms with E-state index in [-0.39, 0.29) is 11.9 Å². The van der Waals surface area contributed by atoms with Crippen LogP contribution >= 0.6 is 0 Å². The van der Waals surface area contributed by atoms with Crippen LogP contribution in [0, 0.1) is 6.92 Å². The van der Waals surface area contributed by atoms with Crippen molar-refractivity contribution in [3.05, 3.63) is 47.9 Å². The number of aromatic nitrogens is 1. The molecule has 1 amide bonds. The summed E-state index contributed by atoms with van der Waals surface area (Å²) in [6.07, 6.45) is 1.46. The topological polar surface area (TPSA) is 81.2 Å². The molecule has 0 aliphatic rings. The lowest BCUT2D eigenvalue weighted by atomic mass is 10.1. The van der Waals surface area contributed by atoms with Crippen LogP contribution in [0.25, 0.3) is 0 Å². The van der Waals surface area contributed by atoms with Crippen molar-refractivity contribution in [3.63, 3.8) is 0 Å². The molecule has 88 valence electrons. The van der Waals surface area contributed by atoms with Gasteiger partial charge in [0.25, 0.3) is 0 Å². The number of rotatable bonds is 3. The lowest BCUT2D eigenvalue weighted by molar-refractivity contribution is -0.117. The standard InChI is InChI=1S/C12H13N3O2/c1-8-7-17-12(14-8)15-11(16)10(13)9-5-3-2-4-6-9/h2-7,10H,13H2,1H3,(H,14,15,16)/t10-/m0/s1. The highest BCUT2D eigenvalue weighted by Gasteiger charge is 2.17.